The number of nitrogens with one attached hydrogen (secondary N) is 1. The Hall–Kier alpha value is -2.49. The van der Waals surface area contributed by atoms with Crippen LogP contribution in [0.4, 0.5) is 11.4 Å². The lowest BCUT2D eigenvalue weighted by molar-refractivity contribution is 0.101. The molecule has 2 rings (SSSR count). The van der Waals surface area contributed by atoms with Gasteiger partial charge in [0.15, 0.2) is 17.3 Å². The molecule has 0 aliphatic carbocycles. The lowest BCUT2D eigenvalue weighted by atomic mass is 10.1. The van der Waals surface area contributed by atoms with E-state index in [2.05, 4.69) is 5.32 Å². The van der Waals surface area contributed by atoms with Gasteiger partial charge in [-0.05, 0) is 31.2 Å². The predicted molar refractivity (Wildman–Crippen MR) is 79.3 cm³/mol. The van der Waals surface area contributed by atoms with Crippen LogP contribution in [0.25, 0.3) is 0 Å². The zero-order valence-electron chi connectivity index (χ0n) is 11.8. The van der Waals surface area contributed by atoms with Crippen LogP contribution in [0.2, 0.25) is 0 Å². The molecular weight excluding hydrogens is 254 g/mol. The standard InChI is InChI=1S/C16H17NO3/c1-11(18)13-6-4-5-7-14(13)17-12-8-9-15(19-2)16(10-12)20-3/h4-10,17H,1-3H3. The topological polar surface area (TPSA) is 47.6 Å². The number of carbonyl (C=O) groups excluding carboxylic acids is 1. The Morgan fingerprint density at radius 1 is 1.00 bits per heavy atom. The van der Waals surface area contributed by atoms with Gasteiger partial charge < -0.3 is 14.8 Å². The lowest BCUT2D eigenvalue weighted by Gasteiger charge is -2.13. The van der Waals surface area contributed by atoms with Crippen LogP contribution >= 0.6 is 0 Å². The third-order valence-corrected chi connectivity index (χ3v) is 2.97. The average molecular weight is 271 g/mol. The van der Waals surface area contributed by atoms with E-state index in [1.165, 1.54) is 0 Å². The fraction of sp³-hybridized carbons (Fsp3) is 0.188. The van der Waals surface area contributed by atoms with E-state index in [-0.39, 0.29) is 5.78 Å². The molecule has 1 N–H and O–H groups in total. The largest absolute Gasteiger partial charge is 0.493 e. The third kappa shape index (κ3) is 2.91. The molecule has 0 amide bonds. The monoisotopic (exact) mass is 271 g/mol. The maximum absolute atomic E-state index is 11.6. The minimum Gasteiger partial charge on any atom is -0.493 e. The quantitative estimate of drug-likeness (QED) is 0.843. The van der Waals surface area contributed by atoms with Gasteiger partial charge in [0.1, 0.15) is 0 Å². The van der Waals surface area contributed by atoms with Crippen molar-refractivity contribution in [2.45, 2.75) is 6.92 Å². The Balaban J connectivity index is 2.33. The van der Waals surface area contributed by atoms with Crippen molar-refractivity contribution in [1.82, 2.24) is 0 Å². The highest BCUT2D eigenvalue weighted by atomic mass is 16.5. The van der Waals surface area contributed by atoms with Gasteiger partial charge in [0.2, 0.25) is 0 Å². The zero-order valence-corrected chi connectivity index (χ0v) is 11.8. The molecule has 2 aromatic carbocycles. The molecule has 0 saturated heterocycles. The van der Waals surface area contributed by atoms with E-state index in [9.17, 15) is 4.79 Å². The first-order valence-corrected chi connectivity index (χ1v) is 6.24. The lowest BCUT2D eigenvalue weighted by Crippen LogP contribution is -2.00. The second-order valence-electron chi connectivity index (χ2n) is 4.30. The highest BCUT2D eigenvalue weighted by molar-refractivity contribution is 6.00. The van der Waals surface area contributed by atoms with E-state index in [0.717, 1.165) is 11.4 Å². The van der Waals surface area contributed by atoms with Gasteiger partial charge in [-0.1, -0.05) is 12.1 Å². The van der Waals surface area contributed by atoms with Crippen LogP contribution in [0.1, 0.15) is 17.3 Å². The van der Waals surface area contributed by atoms with E-state index < -0.39 is 0 Å². The Morgan fingerprint density at radius 2 is 1.70 bits per heavy atom. The van der Waals surface area contributed by atoms with E-state index >= 15 is 0 Å². The van der Waals surface area contributed by atoms with Crippen LogP contribution in [0.15, 0.2) is 42.5 Å². The Morgan fingerprint density at radius 3 is 2.35 bits per heavy atom. The molecule has 0 atom stereocenters. The number of benzene rings is 2. The van der Waals surface area contributed by atoms with E-state index in [1.807, 2.05) is 36.4 Å². The van der Waals surface area contributed by atoms with Crippen LogP contribution in [-0.4, -0.2) is 20.0 Å². The van der Waals surface area contributed by atoms with Gasteiger partial charge in [-0.2, -0.15) is 0 Å². The summed E-state index contributed by atoms with van der Waals surface area (Å²) in [5.41, 5.74) is 2.26. The summed E-state index contributed by atoms with van der Waals surface area (Å²) in [6.07, 6.45) is 0. The molecule has 0 heterocycles. The normalized spacial score (nSPS) is 9.95. The zero-order chi connectivity index (χ0) is 14.5. The van der Waals surface area contributed by atoms with Crippen molar-refractivity contribution < 1.29 is 14.3 Å². The van der Waals surface area contributed by atoms with Crippen LogP contribution in [0.3, 0.4) is 0 Å². The highest BCUT2D eigenvalue weighted by Gasteiger charge is 2.08. The van der Waals surface area contributed by atoms with Crippen molar-refractivity contribution in [1.29, 1.82) is 0 Å². The molecule has 0 aromatic heterocycles. The summed E-state index contributed by atoms with van der Waals surface area (Å²) in [6, 6.07) is 12.9. The minimum absolute atomic E-state index is 0.0218. The molecule has 0 bridgehead atoms. The second-order valence-corrected chi connectivity index (χ2v) is 4.30. The molecular formula is C16H17NO3. The van der Waals surface area contributed by atoms with Gasteiger partial charge in [-0.3, -0.25) is 4.79 Å². The number of hydrogen-bond donors (Lipinski definition) is 1. The van der Waals surface area contributed by atoms with Crippen molar-refractivity contribution >= 4 is 17.2 Å². The molecule has 0 spiro atoms. The molecule has 20 heavy (non-hydrogen) atoms. The van der Waals surface area contributed by atoms with Crippen LogP contribution in [-0.2, 0) is 0 Å². The van der Waals surface area contributed by atoms with E-state index in [1.54, 1.807) is 27.2 Å². The molecule has 4 heteroatoms. The van der Waals surface area contributed by atoms with Gasteiger partial charge in [0.05, 0.1) is 14.2 Å². The van der Waals surface area contributed by atoms with Crippen molar-refractivity contribution in [2.75, 3.05) is 19.5 Å². The van der Waals surface area contributed by atoms with Gasteiger partial charge in [0, 0.05) is 23.0 Å². The van der Waals surface area contributed by atoms with Crippen molar-refractivity contribution in [3.8, 4) is 11.5 Å². The minimum atomic E-state index is 0.0218. The number of ketones is 1. The molecule has 0 saturated carbocycles. The molecule has 2 aromatic rings. The third-order valence-electron chi connectivity index (χ3n) is 2.97. The number of hydrogen-bond acceptors (Lipinski definition) is 4. The summed E-state index contributed by atoms with van der Waals surface area (Å²) < 4.78 is 10.5. The van der Waals surface area contributed by atoms with E-state index in [4.69, 9.17) is 9.47 Å². The molecule has 0 aliphatic rings. The molecule has 0 aliphatic heterocycles. The molecule has 0 unspecified atom stereocenters. The number of ether oxygens (including phenoxy) is 2. The Kier molecular flexibility index (Phi) is 4.25. The maximum atomic E-state index is 11.6. The average Bonchev–Trinajstić information content (AvgIpc) is 2.47. The molecule has 0 radical (unpaired) electrons. The number of anilines is 2. The summed E-state index contributed by atoms with van der Waals surface area (Å²) in [7, 11) is 3.18. The summed E-state index contributed by atoms with van der Waals surface area (Å²) >= 11 is 0. The van der Waals surface area contributed by atoms with Gasteiger partial charge in [-0.15, -0.1) is 0 Å². The van der Waals surface area contributed by atoms with Gasteiger partial charge >= 0.3 is 0 Å². The second kappa shape index (κ2) is 6.10. The maximum Gasteiger partial charge on any atom is 0.162 e. The van der Waals surface area contributed by atoms with Crippen LogP contribution < -0.4 is 14.8 Å². The van der Waals surface area contributed by atoms with Crippen LogP contribution in [0.5, 0.6) is 11.5 Å². The summed E-state index contributed by atoms with van der Waals surface area (Å²) in [5.74, 6) is 1.32. The van der Waals surface area contributed by atoms with E-state index in [0.29, 0.717) is 17.1 Å². The Labute approximate surface area is 118 Å². The first kappa shape index (κ1) is 13.9. The number of para-hydroxylation sites is 1. The first-order valence-electron chi connectivity index (χ1n) is 6.24. The highest BCUT2D eigenvalue weighted by Crippen LogP contribution is 2.31. The fourth-order valence-electron chi connectivity index (χ4n) is 1.97. The number of carbonyl (C=O) groups is 1. The van der Waals surface area contributed by atoms with Crippen LogP contribution in [0, 0.1) is 0 Å². The van der Waals surface area contributed by atoms with Gasteiger partial charge in [-0.25, -0.2) is 0 Å². The van der Waals surface area contributed by atoms with Gasteiger partial charge in [0.25, 0.3) is 0 Å². The summed E-state index contributed by atoms with van der Waals surface area (Å²) in [4.78, 5) is 11.6. The first-order chi connectivity index (χ1) is 9.65. The number of methoxy groups -OCH3 is 2. The summed E-state index contributed by atoms with van der Waals surface area (Å²) in [6.45, 7) is 1.55. The fourth-order valence-corrected chi connectivity index (χ4v) is 1.97. The molecule has 4 nitrogen and oxygen atoms in total. The molecule has 0 fully saturated rings. The number of Topliss-reactive ketones (excluding diaryl/α,β-unsaturated/α-hetero) is 1. The predicted octanol–water partition coefficient (Wildman–Crippen LogP) is 3.65. The number of rotatable bonds is 5. The molecule has 104 valence electrons. The van der Waals surface area contributed by atoms with Crippen molar-refractivity contribution in [3.63, 3.8) is 0 Å². The Bertz CT molecular complexity index is 623. The van der Waals surface area contributed by atoms with Crippen molar-refractivity contribution in [3.05, 3.63) is 48.0 Å². The summed E-state index contributed by atoms with van der Waals surface area (Å²) in [5, 5.41) is 3.22. The SMILES string of the molecule is COc1ccc(Nc2ccccc2C(C)=O)cc1OC. The smallest absolute Gasteiger partial charge is 0.162 e. The van der Waals surface area contributed by atoms with Crippen molar-refractivity contribution in [2.24, 2.45) is 0 Å².